The minimum Gasteiger partial charge on any atom is -0.338 e. The second-order valence-corrected chi connectivity index (χ2v) is 8.33. The van der Waals surface area contributed by atoms with E-state index in [1.165, 1.54) is 12.1 Å². The molecule has 3 amide bonds. The van der Waals surface area contributed by atoms with Crippen LogP contribution in [0.15, 0.2) is 29.4 Å². The first-order valence-electron chi connectivity index (χ1n) is 9.40. The molecule has 0 saturated heterocycles. The molecule has 0 radical (unpaired) electrons. The van der Waals surface area contributed by atoms with Crippen molar-refractivity contribution < 1.29 is 18.9 Å². The van der Waals surface area contributed by atoms with Gasteiger partial charge in [0, 0.05) is 12.2 Å². The third-order valence-electron chi connectivity index (χ3n) is 4.25. The van der Waals surface area contributed by atoms with Crippen LogP contribution in [0.1, 0.15) is 32.6 Å². The highest BCUT2D eigenvalue weighted by Crippen LogP contribution is 2.24. The number of urea groups is 1. The van der Waals surface area contributed by atoms with Crippen LogP contribution in [0.4, 0.5) is 9.18 Å². The van der Waals surface area contributed by atoms with Gasteiger partial charge in [0.15, 0.2) is 11.0 Å². The number of nitrogens with zero attached hydrogens (tertiary/aromatic N) is 3. The molecule has 1 aromatic carbocycles. The van der Waals surface area contributed by atoms with Crippen molar-refractivity contribution in [1.82, 2.24) is 25.4 Å². The molecule has 0 unspecified atom stereocenters. The molecule has 1 heterocycles. The number of carbonyl (C=O) groups excluding carboxylic acids is 2. The largest absolute Gasteiger partial charge is 0.338 e. The average Bonchev–Trinajstić information content (AvgIpc) is 3.08. The fraction of sp³-hybridized carbons (Fsp3) is 0.474. The summed E-state index contributed by atoms with van der Waals surface area (Å²) in [5.74, 6) is 0.221. The number of imide groups is 1. The lowest BCUT2D eigenvalue weighted by atomic mass is 10.2. The first-order chi connectivity index (χ1) is 13.7. The maximum atomic E-state index is 13.4. The van der Waals surface area contributed by atoms with Crippen LogP contribution in [0.3, 0.4) is 0 Å². The summed E-state index contributed by atoms with van der Waals surface area (Å²) in [6, 6.07) is 5.53. The van der Waals surface area contributed by atoms with Gasteiger partial charge >= 0.3 is 6.03 Å². The van der Waals surface area contributed by atoms with E-state index in [1.807, 2.05) is 39.4 Å². The van der Waals surface area contributed by atoms with Gasteiger partial charge in [0.25, 0.3) is 0 Å². The third-order valence-corrected chi connectivity index (χ3v) is 5.18. The molecule has 0 bridgehead atoms. The maximum Gasteiger partial charge on any atom is 0.321 e. The Kier molecular flexibility index (Phi) is 8.15. The fourth-order valence-corrected chi connectivity index (χ4v) is 3.14. The SMILES string of the molecule is CC(C)CNC(=O)NC(=O)CSc1nnc([C@H](C)[NH+](C)C)n1-c1ccc(F)cc1. The summed E-state index contributed by atoms with van der Waals surface area (Å²) in [6.07, 6.45) is 0. The summed E-state index contributed by atoms with van der Waals surface area (Å²) >= 11 is 1.16. The molecular formula is C19H28FN6O2S+. The van der Waals surface area contributed by atoms with Crippen molar-refractivity contribution in [2.75, 3.05) is 26.4 Å². The highest BCUT2D eigenvalue weighted by Gasteiger charge is 2.24. The van der Waals surface area contributed by atoms with Crippen molar-refractivity contribution in [3.8, 4) is 5.69 Å². The molecule has 158 valence electrons. The number of halogens is 1. The first-order valence-corrected chi connectivity index (χ1v) is 10.4. The quantitative estimate of drug-likeness (QED) is 0.555. The van der Waals surface area contributed by atoms with Crippen LogP contribution in [-0.2, 0) is 4.79 Å². The number of quaternary nitrogens is 1. The number of rotatable bonds is 8. The Hall–Kier alpha value is -2.46. The Bertz CT molecular complexity index is 838. The van der Waals surface area contributed by atoms with Crippen molar-refractivity contribution in [3.63, 3.8) is 0 Å². The summed E-state index contributed by atoms with van der Waals surface area (Å²) in [5.41, 5.74) is 0.706. The number of amides is 3. The molecule has 29 heavy (non-hydrogen) atoms. The zero-order chi connectivity index (χ0) is 21.6. The van der Waals surface area contributed by atoms with E-state index in [4.69, 9.17) is 0 Å². The lowest BCUT2D eigenvalue weighted by Crippen LogP contribution is -3.05. The van der Waals surface area contributed by atoms with E-state index in [0.717, 1.165) is 16.7 Å². The van der Waals surface area contributed by atoms with Crippen LogP contribution in [0.25, 0.3) is 5.69 Å². The molecule has 0 aliphatic heterocycles. The molecule has 0 saturated carbocycles. The molecule has 8 nitrogen and oxygen atoms in total. The monoisotopic (exact) mass is 423 g/mol. The van der Waals surface area contributed by atoms with Gasteiger partial charge in [0.05, 0.1) is 19.8 Å². The molecule has 2 rings (SSSR count). The summed E-state index contributed by atoms with van der Waals surface area (Å²) in [6.45, 7) is 6.43. The van der Waals surface area contributed by atoms with Gasteiger partial charge in [-0.25, -0.2) is 9.18 Å². The highest BCUT2D eigenvalue weighted by molar-refractivity contribution is 7.99. The summed E-state index contributed by atoms with van der Waals surface area (Å²) in [5, 5.41) is 13.9. The summed E-state index contributed by atoms with van der Waals surface area (Å²) < 4.78 is 15.2. The Morgan fingerprint density at radius 2 is 1.83 bits per heavy atom. The standard InChI is InChI=1S/C19H27FN6O2S/c1-12(2)10-21-18(28)22-16(27)11-29-19-24-23-17(13(3)25(4)5)26(19)15-8-6-14(20)7-9-15/h6-9,12-13H,10-11H2,1-5H3,(H2,21,22,27,28)/p+1/t13-/m0/s1. The number of aromatic nitrogens is 3. The maximum absolute atomic E-state index is 13.4. The van der Waals surface area contributed by atoms with Crippen LogP contribution in [0, 0.1) is 11.7 Å². The van der Waals surface area contributed by atoms with E-state index >= 15 is 0 Å². The number of hydrogen-bond donors (Lipinski definition) is 3. The van der Waals surface area contributed by atoms with Gasteiger partial charge in [-0.2, -0.15) is 0 Å². The zero-order valence-corrected chi connectivity index (χ0v) is 18.1. The van der Waals surface area contributed by atoms with Crippen LogP contribution < -0.4 is 15.5 Å². The molecule has 0 aliphatic rings. The molecule has 0 fully saturated rings. The number of thioether (sulfide) groups is 1. The Morgan fingerprint density at radius 3 is 2.41 bits per heavy atom. The number of nitrogens with one attached hydrogen (secondary N) is 3. The third kappa shape index (κ3) is 6.53. The molecule has 0 spiro atoms. The fourth-order valence-electron chi connectivity index (χ4n) is 2.38. The second kappa shape index (κ2) is 10.4. The van der Waals surface area contributed by atoms with Gasteiger partial charge in [-0.3, -0.25) is 14.7 Å². The number of hydrogen-bond acceptors (Lipinski definition) is 5. The topological polar surface area (TPSA) is 93.3 Å². The molecule has 2 aromatic rings. The second-order valence-electron chi connectivity index (χ2n) is 7.39. The van der Waals surface area contributed by atoms with Crippen LogP contribution in [0.2, 0.25) is 0 Å². The normalized spacial score (nSPS) is 12.3. The van der Waals surface area contributed by atoms with E-state index in [2.05, 4.69) is 20.8 Å². The molecule has 1 atom stereocenters. The van der Waals surface area contributed by atoms with E-state index < -0.39 is 11.9 Å². The van der Waals surface area contributed by atoms with Crippen molar-refractivity contribution in [1.29, 1.82) is 0 Å². The van der Waals surface area contributed by atoms with Crippen molar-refractivity contribution in [3.05, 3.63) is 35.9 Å². The Morgan fingerprint density at radius 1 is 1.17 bits per heavy atom. The summed E-state index contributed by atoms with van der Waals surface area (Å²) in [4.78, 5) is 25.0. The lowest BCUT2D eigenvalue weighted by molar-refractivity contribution is -0.890. The minimum atomic E-state index is -0.519. The predicted molar refractivity (Wildman–Crippen MR) is 110 cm³/mol. The lowest BCUT2D eigenvalue weighted by Gasteiger charge is -2.18. The summed E-state index contributed by atoms with van der Waals surface area (Å²) in [7, 11) is 4.01. The number of carbonyl (C=O) groups is 2. The smallest absolute Gasteiger partial charge is 0.321 e. The van der Waals surface area contributed by atoms with Crippen molar-refractivity contribution in [2.24, 2.45) is 5.92 Å². The van der Waals surface area contributed by atoms with E-state index in [0.29, 0.717) is 29.1 Å². The average molecular weight is 424 g/mol. The van der Waals surface area contributed by atoms with Crippen LogP contribution in [0.5, 0.6) is 0 Å². The zero-order valence-electron chi connectivity index (χ0n) is 17.3. The number of benzene rings is 1. The Labute approximate surface area is 174 Å². The van der Waals surface area contributed by atoms with Gasteiger partial charge in [0.2, 0.25) is 5.91 Å². The predicted octanol–water partition coefficient (Wildman–Crippen LogP) is 1.19. The van der Waals surface area contributed by atoms with Crippen molar-refractivity contribution in [2.45, 2.75) is 32.0 Å². The molecule has 0 aliphatic carbocycles. The van der Waals surface area contributed by atoms with Gasteiger partial charge in [-0.05, 0) is 37.1 Å². The highest BCUT2D eigenvalue weighted by atomic mass is 32.2. The van der Waals surface area contributed by atoms with Gasteiger partial charge in [-0.15, -0.1) is 10.2 Å². The van der Waals surface area contributed by atoms with Gasteiger partial charge < -0.3 is 10.2 Å². The molecule has 1 aromatic heterocycles. The van der Waals surface area contributed by atoms with Gasteiger partial charge in [0.1, 0.15) is 11.9 Å². The van der Waals surface area contributed by atoms with E-state index in [-0.39, 0.29) is 17.6 Å². The van der Waals surface area contributed by atoms with E-state index in [1.54, 1.807) is 12.1 Å². The van der Waals surface area contributed by atoms with Crippen LogP contribution in [-0.4, -0.2) is 53.1 Å². The molecular weight excluding hydrogens is 395 g/mol. The van der Waals surface area contributed by atoms with E-state index in [9.17, 15) is 14.0 Å². The molecule has 10 heteroatoms. The molecule has 3 N–H and O–H groups in total. The van der Waals surface area contributed by atoms with Crippen LogP contribution >= 0.6 is 11.8 Å². The first kappa shape index (κ1) is 22.8. The Balaban J connectivity index is 2.15. The minimum absolute atomic E-state index is 0.00235. The van der Waals surface area contributed by atoms with Gasteiger partial charge in [-0.1, -0.05) is 25.6 Å². The van der Waals surface area contributed by atoms with Crippen molar-refractivity contribution >= 4 is 23.7 Å².